The molecule has 0 amide bonds. The first-order valence-electron chi connectivity index (χ1n) is 11.1. The Balaban J connectivity index is 1.49. The van der Waals surface area contributed by atoms with Crippen LogP contribution in [0.4, 0.5) is 21.6 Å². The van der Waals surface area contributed by atoms with Crippen LogP contribution in [0.25, 0.3) is 10.9 Å². The molecule has 0 saturated carbocycles. The largest absolute Gasteiger partial charge is 0.486 e. The molecule has 1 fully saturated rings. The quantitative estimate of drug-likeness (QED) is 0.364. The van der Waals surface area contributed by atoms with E-state index in [2.05, 4.69) is 33.7 Å². The first-order chi connectivity index (χ1) is 16.6. The Bertz CT molecular complexity index is 1360. The normalized spacial score (nSPS) is 16.6. The van der Waals surface area contributed by atoms with Crippen LogP contribution in [0.15, 0.2) is 76.2 Å². The number of halogens is 1. The van der Waals surface area contributed by atoms with E-state index in [1.165, 1.54) is 23.4 Å². The summed E-state index contributed by atoms with van der Waals surface area (Å²) in [6.07, 6.45) is 4.31. The molecule has 6 nitrogen and oxygen atoms in total. The Morgan fingerprint density at radius 2 is 1.97 bits per heavy atom. The number of aryl methyl sites for hydroxylation is 1. The van der Waals surface area contributed by atoms with Gasteiger partial charge >= 0.3 is 0 Å². The van der Waals surface area contributed by atoms with Gasteiger partial charge in [-0.3, -0.25) is 0 Å². The third-order valence-electron chi connectivity index (χ3n) is 5.62. The summed E-state index contributed by atoms with van der Waals surface area (Å²) in [6, 6.07) is 18.7. The minimum atomic E-state index is -0.359. The van der Waals surface area contributed by atoms with Gasteiger partial charge in [-0.05, 0) is 55.1 Å². The van der Waals surface area contributed by atoms with Crippen molar-refractivity contribution in [1.29, 1.82) is 0 Å². The van der Waals surface area contributed by atoms with Crippen molar-refractivity contribution >= 4 is 38.8 Å². The summed E-state index contributed by atoms with van der Waals surface area (Å²) in [6.45, 7) is 3.17. The first kappa shape index (κ1) is 22.4. The van der Waals surface area contributed by atoms with Gasteiger partial charge < -0.3 is 14.8 Å². The molecular formula is C26H25FN4O2S. The second-order valence-electron chi connectivity index (χ2n) is 8.13. The van der Waals surface area contributed by atoms with Crippen molar-refractivity contribution < 1.29 is 13.9 Å². The lowest BCUT2D eigenvalue weighted by Crippen LogP contribution is -2.16. The van der Waals surface area contributed by atoms with E-state index in [4.69, 9.17) is 13.8 Å². The lowest BCUT2D eigenvalue weighted by Gasteiger charge is -2.17. The van der Waals surface area contributed by atoms with Gasteiger partial charge in [0.2, 0.25) is 0 Å². The molecule has 0 spiro atoms. The van der Waals surface area contributed by atoms with Gasteiger partial charge in [0, 0.05) is 22.8 Å². The van der Waals surface area contributed by atoms with Gasteiger partial charge in [0.1, 0.15) is 29.8 Å². The minimum absolute atomic E-state index is 0.0946. The molecule has 1 N–H and O–H groups in total. The molecule has 1 aliphatic heterocycles. The van der Waals surface area contributed by atoms with Gasteiger partial charge in [0.05, 0.1) is 30.1 Å². The van der Waals surface area contributed by atoms with Gasteiger partial charge in [-0.1, -0.05) is 28.9 Å². The highest BCUT2D eigenvalue weighted by Crippen LogP contribution is 2.34. The fraction of sp³-hybridized carbons (Fsp3) is 0.231. The maximum absolute atomic E-state index is 14.0. The highest BCUT2D eigenvalue weighted by Gasteiger charge is 2.20. The summed E-state index contributed by atoms with van der Waals surface area (Å²) in [7, 11) is -0.277. The lowest BCUT2D eigenvalue weighted by molar-refractivity contribution is 0.141. The molecule has 2 atom stereocenters. The van der Waals surface area contributed by atoms with E-state index in [0.717, 1.165) is 28.6 Å². The van der Waals surface area contributed by atoms with Crippen LogP contribution in [0.3, 0.4) is 0 Å². The highest BCUT2D eigenvalue weighted by atomic mass is 32.2. The SMILES string of the molecule is Cc1cc(/N=S(\C)c2ccccc2)cc2ncnc(Nc3ccc(F)cc3OC3CCOC3)c12. The van der Waals surface area contributed by atoms with Crippen LogP contribution >= 0.6 is 0 Å². The Hall–Kier alpha value is -3.36. The number of hydrogen-bond acceptors (Lipinski definition) is 6. The summed E-state index contributed by atoms with van der Waals surface area (Å²) >= 11 is 0. The second kappa shape index (κ2) is 9.87. The molecule has 1 aliphatic rings. The van der Waals surface area contributed by atoms with E-state index in [1.54, 1.807) is 6.07 Å². The number of nitrogens with one attached hydrogen (secondary N) is 1. The molecule has 1 aromatic heterocycles. The fourth-order valence-electron chi connectivity index (χ4n) is 3.96. The zero-order valence-corrected chi connectivity index (χ0v) is 19.8. The monoisotopic (exact) mass is 476 g/mol. The van der Waals surface area contributed by atoms with Crippen molar-refractivity contribution in [2.45, 2.75) is 24.3 Å². The van der Waals surface area contributed by atoms with Crippen LogP contribution in [0.5, 0.6) is 5.75 Å². The van der Waals surface area contributed by atoms with E-state index in [1.807, 2.05) is 37.3 Å². The van der Waals surface area contributed by atoms with Gasteiger partial charge in [-0.15, -0.1) is 0 Å². The van der Waals surface area contributed by atoms with Crippen molar-refractivity contribution in [1.82, 2.24) is 9.97 Å². The number of ether oxygens (including phenoxy) is 2. The molecule has 8 heteroatoms. The van der Waals surface area contributed by atoms with Crippen molar-refractivity contribution in [2.75, 3.05) is 24.8 Å². The molecule has 3 aromatic carbocycles. The third-order valence-corrected chi connectivity index (χ3v) is 7.06. The van der Waals surface area contributed by atoms with Crippen LogP contribution in [0, 0.1) is 12.7 Å². The maximum atomic E-state index is 14.0. The van der Waals surface area contributed by atoms with Crippen molar-refractivity contribution in [2.24, 2.45) is 4.36 Å². The van der Waals surface area contributed by atoms with Crippen LogP contribution in [0.2, 0.25) is 0 Å². The van der Waals surface area contributed by atoms with Gasteiger partial charge in [0.25, 0.3) is 0 Å². The summed E-state index contributed by atoms with van der Waals surface area (Å²) in [4.78, 5) is 10.1. The van der Waals surface area contributed by atoms with E-state index < -0.39 is 0 Å². The fourth-order valence-corrected chi connectivity index (χ4v) is 5.04. The Kier molecular flexibility index (Phi) is 6.51. The average molecular weight is 477 g/mol. The van der Waals surface area contributed by atoms with Gasteiger partial charge in [-0.2, -0.15) is 0 Å². The molecule has 0 bridgehead atoms. The number of rotatable bonds is 6. The number of anilines is 2. The van der Waals surface area contributed by atoms with Crippen molar-refractivity contribution in [3.05, 3.63) is 78.4 Å². The van der Waals surface area contributed by atoms with Crippen LogP contribution in [0.1, 0.15) is 12.0 Å². The average Bonchev–Trinajstić information content (AvgIpc) is 3.34. The van der Waals surface area contributed by atoms with Crippen molar-refractivity contribution in [3.8, 4) is 5.75 Å². The predicted molar refractivity (Wildman–Crippen MR) is 134 cm³/mol. The maximum Gasteiger partial charge on any atom is 0.146 e. The molecular weight excluding hydrogens is 451 g/mol. The van der Waals surface area contributed by atoms with E-state index in [9.17, 15) is 4.39 Å². The standard InChI is InChI=1S/C26H25FN4O2S/c1-17-12-19(31-34(2)21-6-4-3-5-7-21)14-23-25(17)26(29-16-28-23)30-22-9-8-18(27)13-24(22)33-20-10-11-32-15-20/h3-9,12-14,16,20H,10-11,15H2,1-2H3,(H,28,29,30). The third kappa shape index (κ3) is 4.93. The summed E-state index contributed by atoms with van der Waals surface area (Å²) < 4.78 is 30.3. The molecule has 34 heavy (non-hydrogen) atoms. The Morgan fingerprint density at radius 3 is 2.76 bits per heavy atom. The number of aromatic nitrogens is 2. The number of hydrogen-bond donors (Lipinski definition) is 1. The Morgan fingerprint density at radius 1 is 1.12 bits per heavy atom. The summed E-state index contributed by atoms with van der Waals surface area (Å²) in [5.74, 6) is 0.707. The molecule has 174 valence electrons. The molecule has 0 aliphatic carbocycles. The molecule has 5 rings (SSSR count). The lowest BCUT2D eigenvalue weighted by atomic mass is 10.1. The smallest absolute Gasteiger partial charge is 0.146 e. The van der Waals surface area contributed by atoms with Crippen LogP contribution in [-0.4, -0.2) is 35.5 Å². The summed E-state index contributed by atoms with van der Waals surface area (Å²) in [5, 5.41) is 4.22. The van der Waals surface area contributed by atoms with E-state index >= 15 is 0 Å². The zero-order valence-electron chi connectivity index (χ0n) is 19.0. The van der Waals surface area contributed by atoms with Crippen molar-refractivity contribution in [3.63, 3.8) is 0 Å². The van der Waals surface area contributed by atoms with E-state index in [-0.39, 0.29) is 22.6 Å². The van der Waals surface area contributed by atoms with Crippen LogP contribution < -0.4 is 10.1 Å². The molecule has 2 unspecified atom stereocenters. The minimum Gasteiger partial charge on any atom is -0.486 e. The number of benzene rings is 3. The topological polar surface area (TPSA) is 68.6 Å². The molecule has 0 radical (unpaired) electrons. The predicted octanol–water partition coefficient (Wildman–Crippen LogP) is 6.11. The first-order valence-corrected chi connectivity index (χ1v) is 12.6. The van der Waals surface area contributed by atoms with Gasteiger partial charge in [-0.25, -0.2) is 18.7 Å². The van der Waals surface area contributed by atoms with Gasteiger partial charge in [0.15, 0.2) is 0 Å². The molecule has 1 saturated heterocycles. The molecule has 2 heterocycles. The number of fused-ring (bicyclic) bond motifs is 1. The van der Waals surface area contributed by atoms with Crippen LogP contribution in [-0.2, 0) is 15.4 Å². The molecule has 4 aromatic rings. The summed E-state index contributed by atoms with van der Waals surface area (Å²) in [5.41, 5.74) is 3.30. The highest BCUT2D eigenvalue weighted by molar-refractivity contribution is 7.86. The number of nitrogens with zero attached hydrogens (tertiary/aromatic N) is 3. The zero-order chi connectivity index (χ0) is 23.5. The van der Waals surface area contributed by atoms with E-state index in [0.29, 0.717) is 30.5 Å². The Labute approximate surface area is 200 Å². The second-order valence-corrected chi connectivity index (χ2v) is 9.74.